The van der Waals surface area contributed by atoms with Crippen LogP contribution in [0.3, 0.4) is 0 Å². The Morgan fingerprint density at radius 2 is 1.88 bits per heavy atom. The Bertz CT molecular complexity index is 752. The summed E-state index contributed by atoms with van der Waals surface area (Å²) in [4.78, 5) is 23.7. The van der Waals surface area contributed by atoms with Crippen LogP contribution >= 0.6 is 0 Å². The number of ether oxygens (including phenoxy) is 2. The standard InChI is InChI=1S/C19H19NO4/c1-12(2)11-23-18(21)13-7-9-14(10-8-13)20-17-15-5-3-4-6-16(15)19(22)24-17/h3-10,12,17,20H,11H2,1-2H3. The van der Waals surface area contributed by atoms with Crippen LogP contribution in [-0.2, 0) is 9.47 Å². The van der Waals surface area contributed by atoms with Crippen molar-refractivity contribution in [3.8, 4) is 0 Å². The van der Waals surface area contributed by atoms with Crippen LogP contribution in [-0.4, -0.2) is 18.5 Å². The summed E-state index contributed by atoms with van der Waals surface area (Å²) in [7, 11) is 0. The van der Waals surface area contributed by atoms with Gasteiger partial charge < -0.3 is 14.8 Å². The Balaban J connectivity index is 1.67. The van der Waals surface area contributed by atoms with E-state index in [0.717, 1.165) is 11.3 Å². The number of benzene rings is 2. The second-order valence-electron chi connectivity index (χ2n) is 6.09. The summed E-state index contributed by atoms with van der Waals surface area (Å²) >= 11 is 0. The second-order valence-corrected chi connectivity index (χ2v) is 6.09. The van der Waals surface area contributed by atoms with Gasteiger partial charge in [-0.2, -0.15) is 0 Å². The fourth-order valence-electron chi connectivity index (χ4n) is 2.43. The van der Waals surface area contributed by atoms with Crippen LogP contribution in [0.2, 0.25) is 0 Å². The molecule has 1 heterocycles. The SMILES string of the molecule is CC(C)COC(=O)c1ccc(NC2OC(=O)c3ccccc32)cc1. The van der Waals surface area contributed by atoms with Crippen molar-refractivity contribution in [2.24, 2.45) is 5.92 Å². The van der Waals surface area contributed by atoms with E-state index in [1.165, 1.54) is 0 Å². The number of hydrogen-bond donors (Lipinski definition) is 1. The van der Waals surface area contributed by atoms with Gasteiger partial charge in [0.15, 0.2) is 0 Å². The maximum atomic E-state index is 11.9. The molecule has 3 rings (SSSR count). The summed E-state index contributed by atoms with van der Waals surface area (Å²) in [5, 5.41) is 3.15. The third-order valence-electron chi connectivity index (χ3n) is 3.65. The molecule has 1 atom stereocenters. The van der Waals surface area contributed by atoms with Gasteiger partial charge in [0.05, 0.1) is 17.7 Å². The van der Waals surface area contributed by atoms with E-state index in [9.17, 15) is 9.59 Å². The van der Waals surface area contributed by atoms with Gasteiger partial charge in [-0.15, -0.1) is 0 Å². The van der Waals surface area contributed by atoms with Gasteiger partial charge in [0, 0.05) is 11.3 Å². The number of esters is 2. The monoisotopic (exact) mass is 325 g/mol. The van der Waals surface area contributed by atoms with Crippen LogP contribution in [0.1, 0.15) is 46.4 Å². The van der Waals surface area contributed by atoms with Crippen molar-refractivity contribution in [3.05, 3.63) is 65.2 Å². The predicted octanol–water partition coefficient (Wildman–Crippen LogP) is 3.78. The van der Waals surface area contributed by atoms with Crippen molar-refractivity contribution < 1.29 is 19.1 Å². The predicted molar refractivity (Wildman–Crippen MR) is 89.8 cm³/mol. The Hall–Kier alpha value is -2.82. The van der Waals surface area contributed by atoms with Gasteiger partial charge in [-0.25, -0.2) is 9.59 Å². The van der Waals surface area contributed by atoms with Crippen LogP contribution in [0.5, 0.6) is 0 Å². The van der Waals surface area contributed by atoms with Gasteiger partial charge in [-0.3, -0.25) is 0 Å². The van der Waals surface area contributed by atoms with Crippen molar-refractivity contribution in [2.75, 3.05) is 11.9 Å². The summed E-state index contributed by atoms with van der Waals surface area (Å²) in [6.45, 7) is 4.37. The fraction of sp³-hybridized carbons (Fsp3) is 0.263. The number of rotatable bonds is 5. The molecule has 1 unspecified atom stereocenters. The fourth-order valence-corrected chi connectivity index (χ4v) is 2.43. The number of nitrogens with one attached hydrogen (secondary N) is 1. The summed E-state index contributed by atoms with van der Waals surface area (Å²) in [5.41, 5.74) is 2.63. The van der Waals surface area contributed by atoms with E-state index in [1.54, 1.807) is 36.4 Å². The molecule has 0 spiro atoms. The maximum Gasteiger partial charge on any atom is 0.340 e. The first-order chi connectivity index (χ1) is 11.5. The highest BCUT2D eigenvalue weighted by atomic mass is 16.6. The van der Waals surface area contributed by atoms with E-state index >= 15 is 0 Å². The topological polar surface area (TPSA) is 64.6 Å². The summed E-state index contributed by atoms with van der Waals surface area (Å²) in [6, 6.07) is 14.2. The third kappa shape index (κ3) is 3.40. The molecule has 1 aliphatic heterocycles. The lowest BCUT2D eigenvalue weighted by atomic mass is 10.1. The highest BCUT2D eigenvalue weighted by Crippen LogP contribution is 2.31. The smallest absolute Gasteiger partial charge is 0.340 e. The number of carbonyl (C=O) groups is 2. The molecular formula is C19H19NO4. The van der Waals surface area contributed by atoms with Gasteiger partial charge in [0.25, 0.3) is 0 Å². The Labute approximate surface area is 140 Å². The zero-order chi connectivity index (χ0) is 17.1. The van der Waals surface area contributed by atoms with Crippen LogP contribution in [0, 0.1) is 5.92 Å². The first-order valence-corrected chi connectivity index (χ1v) is 7.88. The number of hydrogen-bond acceptors (Lipinski definition) is 5. The number of fused-ring (bicyclic) bond motifs is 1. The zero-order valence-electron chi connectivity index (χ0n) is 13.6. The van der Waals surface area contributed by atoms with Gasteiger partial charge >= 0.3 is 11.9 Å². The van der Waals surface area contributed by atoms with Crippen LogP contribution in [0.25, 0.3) is 0 Å². The van der Waals surface area contributed by atoms with Gasteiger partial charge in [0.1, 0.15) is 0 Å². The van der Waals surface area contributed by atoms with Gasteiger partial charge in [-0.1, -0.05) is 32.0 Å². The molecule has 24 heavy (non-hydrogen) atoms. The van der Waals surface area contributed by atoms with Crippen molar-refractivity contribution >= 4 is 17.6 Å². The largest absolute Gasteiger partial charge is 0.462 e. The number of cyclic esters (lactones) is 1. The lowest BCUT2D eigenvalue weighted by molar-refractivity contribution is 0.0435. The van der Waals surface area contributed by atoms with E-state index in [0.29, 0.717) is 23.7 Å². The molecule has 0 saturated heterocycles. The molecule has 0 saturated carbocycles. The third-order valence-corrected chi connectivity index (χ3v) is 3.65. The van der Waals surface area contributed by atoms with Crippen LogP contribution in [0.15, 0.2) is 48.5 Å². The van der Waals surface area contributed by atoms with Gasteiger partial charge in [0.2, 0.25) is 6.23 Å². The van der Waals surface area contributed by atoms with Crippen LogP contribution < -0.4 is 5.32 Å². The van der Waals surface area contributed by atoms with Crippen molar-refractivity contribution in [1.29, 1.82) is 0 Å². The van der Waals surface area contributed by atoms with Crippen molar-refractivity contribution in [3.63, 3.8) is 0 Å². The first kappa shape index (κ1) is 16.1. The number of anilines is 1. The molecule has 5 heteroatoms. The van der Waals surface area contributed by atoms with E-state index in [2.05, 4.69) is 5.32 Å². The van der Waals surface area contributed by atoms with E-state index in [1.807, 2.05) is 26.0 Å². The summed E-state index contributed by atoms with van der Waals surface area (Å²) in [6.07, 6.45) is -0.521. The minimum atomic E-state index is -0.521. The number of carbonyl (C=O) groups excluding carboxylic acids is 2. The van der Waals surface area contributed by atoms with Crippen molar-refractivity contribution in [1.82, 2.24) is 0 Å². The highest BCUT2D eigenvalue weighted by Gasteiger charge is 2.30. The van der Waals surface area contributed by atoms with E-state index in [-0.39, 0.29) is 11.9 Å². The lowest BCUT2D eigenvalue weighted by Crippen LogP contribution is -2.12. The Morgan fingerprint density at radius 1 is 1.17 bits per heavy atom. The summed E-state index contributed by atoms with van der Waals surface area (Å²) in [5.74, 6) is -0.378. The molecule has 0 amide bonds. The lowest BCUT2D eigenvalue weighted by Gasteiger charge is -2.14. The molecule has 5 nitrogen and oxygen atoms in total. The Kier molecular flexibility index (Phi) is 4.51. The highest BCUT2D eigenvalue weighted by molar-refractivity contribution is 5.94. The summed E-state index contributed by atoms with van der Waals surface area (Å²) < 4.78 is 10.5. The van der Waals surface area contributed by atoms with Crippen LogP contribution in [0.4, 0.5) is 5.69 Å². The minimum absolute atomic E-state index is 0.298. The molecule has 0 fully saturated rings. The second kappa shape index (κ2) is 6.74. The first-order valence-electron chi connectivity index (χ1n) is 7.88. The molecular weight excluding hydrogens is 306 g/mol. The quantitative estimate of drug-likeness (QED) is 0.848. The van der Waals surface area contributed by atoms with Gasteiger partial charge in [-0.05, 0) is 36.2 Å². The zero-order valence-corrected chi connectivity index (χ0v) is 13.6. The molecule has 1 aliphatic rings. The molecule has 0 aliphatic carbocycles. The normalized spacial score (nSPS) is 15.8. The molecule has 0 radical (unpaired) electrons. The molecule has 0 aromatic heterocycles. The van der Waals surface area contributed by atoms with Crippen molar-refractivity contribution in [2.45, 2.75) is 20.1 Å². The Morgan fingerprint density at radius 3 is 2.58 bits per heavy atom. The van der Waals surface area contributed by atoms with E-state index in [4.69, 9.17) is 9.47 Å². The molecule has 2 aromatic rings. The minimum Gasteiger partial charge on any atom is -0.462 e. The van der Waals surface area contributed by atoms with E-state index < -0.39 is 6.23 Å². The average molecular weight is 325 g/mol. The molecule has 124 valence electrons. The molecule has 2 aromatic carbocycles. The maximum absolute atomic E-state index is 11.9. The average Bonchev–Trinajstić information content (AvgIpc) is 2.90. The molecule has 1 N–H and O–H groups in total. The molecule has 0 bridgehead atoms.